The molecule has 6 nitrogen and oxygen atoms in total. The Morgan fingerprint density at radius 2 is 1.61 bits per heavy atom. The summed E-state index contributed by atoms with van der Waals surface area (Å²) >= 11 is 0. The average Bonchev–Trinajstić information content (AvgIpc) is 2.73. The summed E-state index contributed by atoms with van der Waals surface area (Å²) in [4.78, 5) is 38.5. The van der Waals surface area contributed by atoms with Gasteiger partial charge in [0.1, 0.15) is 5.75 Å². The van der Waals surface area contributed by atoms with E-state index in [9.17, 15) is 14.4 Å². The Labute approximate surface area is 183 Å². The van der Waals surface area contributed by atoms with Crippen molar-refractivity contribution in [2.24, 2.45) is 0 Å². The van der Waals surface area contributed by atoms with Gasteiger partial charge in [0, 0.05) is 19.0 Å². The maximum atomic E-state index is 12.9. The Morgan fingerprint density at radius 1 is 0.968 bits per heavy atom. The molecular weight excluding hydrogens is 394 g/mol. The number of amides is 1. The van der Waals surface area contributed by atoms with E-state index in [2.05, 4.69) is 0 Å². The zero-order valence-electron chi connectivity index (χ0n) is 18.5. The lowest BCUT2D eigenvalue weighted by Crippen LogP contribution is -2.51. The van der Waals surface area contributed by atoms with E-state index in [1.54, 1.807) is 37.3 Å². The predicted molar refractivity (Wildman–Crippen MR) is 118 cm³/mol. The molecule has 1 fully saturated rings. The minimum atomic E-state index is -0.845. The van der Waals surface area contributed by atoms with Gasteiger partial charge >= 0.3 is 11.9 Å². The molecule has 6 heteroatoms. The van der Waals surface area contributed by atoms with E-state index in [4.69, 9.17) is 9.47 Å². The van der Waals surface area contributed by atoms with Crippen molar-refractivity contribution < 1.29 is 23.9 Å². The number of ether oxygens (including phenoxy) is 2. The highest BCUT2D eigenvalue weighted by Crippen LogP contribution is 2.25. The average molecular weight is 424 g/mol. The fraction of sp³-hybridized carbons (Fsp3) is 0.400. The molecule has 0 spiro atoms. The number of carbonyl (C=O) groups is 3. The van der Waals surface area contributed by atoms with E-state index >= 15 is 0 Å². The van der Waals surface area contributed by atoms with Gasteiger partial charge in [-0.3, -0.25) is 9.59 Å². The van der Waals surface area contributed by atoms with Crippen LogP contribution in [0.4, 0.5) is 0 Å². The molecule has 0 bridgehead atoms. The van der Waals surface area contributed by atoms with Crippen LogP contribution in [0.2, 0.25) is 0 Å². The maximum Gasteiger partial charge on any atom is 0.338 e. The third-order valence-electron chi connectivity index (χ3n) is 5.63. The second-order valence-electron chi connectivity index (χ2n) is 8.12. The van der Waals surface area contributed by atoms with Crippen molar-refractivity contribution in [3.05, 3.63) is 54.1 Å². The summed E-state index contributed by atoms with van der Waals surface area (Å²) in [7, 11) is 0. The van der Waals surface area contributed by atoms with Gasteiger partial charge in [-0.2, -0.15) is 0 Å². The third kappa shape index (κ3) is 5.51. The number of hydrogen-bond acceptors (Lipinski definition) is 5. The lowest BCUT2D eigenvalue weighted by molar-refractivity contribution is -0.146. The summed E-state index contributed by atoms with van der Waals surface area (Å²) in [6, 6.07) is 14.4. The van der Waals surface area contributed by atoms with Gasteiger partial charge in [-0.1, -0.05) is 24.3 Å². The first-order chi connectivity index (χ1) is 14.8. The van der Waals surface area contributed by atoms with Crippen molar-refractivity contribution >= 4 is 17.8 Å². The number of rotatable bonds is 5. The fourth-order valence-corrected chi connectivity index (χ4v) is 4.05. The topological polar surface area (TPSA) is 72.9 Å². The summed E-state index contributed by atoms with van der Waals surface area (Å²) in [5.41, 5.74) is 2.06. The smallest absolute Gasteiger partial charge is 0.338 e. The molecule has 1 saturated heterocycles. The van der Waals surface area contributed by atoms with E-state index in [0.29, 0.717) is 11.3 Å². The first-order valence-corrected chi connectivity index (χ1v) is 10.7. The van der Waals surface area contributed by atoms with Gasteiger partial charge in [-0.05, 0) is 75.4 Å². The van der Waals surface area contributed by atoms with Crippen LogP contribution >= 0.6 is 0 Å². The van der Waals surface area contributed by atoms with Gasteiger partial charge < -0.3 is 14.4 Å². The number of nitrogens with zero attached hydrogens (tertiary/aromatic N) is 1. The number of esters is 2. The lowest BCUT2D eigenvalue weighted by atomic mass is 9.97. The molecule has 3 rings (SSSR count). The second kappa shape index (κ2) is 9.77. The SMILES string of the molecule is CC(=O)Oc1ccc(-c2cccc(C(=O)O[C@H](C)C(=O)N3[C@H](C)CCC[C@H]3C)c2)cc1. The summed E-state index contributed by atoms with van der Waals surface area (Å²) in [5.74, 6) is -0.600. The van der Waals surface area contributed by atoms with Crippen LogP contribution in [0.15, 0.2) is 48.5 Å². The van der Waals surface area contributed by atoms with Crippen LogP contribution in [0.25, 0.3) is 11.1 Å². The van der Waals surface area contributed by atoms with Crippen LogP contribution in [-0.4, -0.2) is 40.9 Å². The number of piperidine rings is 1. The Kier molecular flexibility index (Phi) is 7.10. The molecule has 1 heterocycles. The predicted octanol–water partition coefficient (Wildman–Crippen LogP) is 4.61. The van der Waals surface area contributed by atoms with Crippen LogP contribution in [0, 0.1) is 0 Å². The van der Waals surface area contributed by atoms with Crippen molar-refractivity contribution in [1.29, 1.82) is 0 Å². The van der Waals surface area contributed by atoms with Gasteiger partial charge in [0.05, 0.1) is 5.56 Å². The summed E-state index contributed by atoms with van der Waals surface area (Å²) < 4.78 is 10.6. The lowest BCUT2D eigenvalue weighted by Gasteiger charge is -2.40. The molecule has 1 aliphatic heterocycles. The van der Waals surface area contributed by atoms with Crippen molar-refractivity contribution in [3.63, 3.8) is 0 Å². The van der Waals surface area contributed by atoms with Crippen LogP contribution < -0.4 is 4.74 Å². The molecule has 2 aromatic carbocycles. The molecule has 0 unspecified atom stereocenters. The first-order valence-electron chi connectivity index (χ1n) is 10.7. The maximum absolute atomic E-state index is 12.9. The van der Waals surface area contributed by atoms with E-state index < -0.39 is 12.1 Å². The highest BCUT2D eigenvalue weighted by Gasteiger charge is 2.33. The Hall–Kier alpha value is -3.15. The highest BCUT2D eigenvalue weighted by atomic mass is 16.5. The van der Waals surface area contributed by atoms with Gasteiger partial charge in [-0.25, -0.2) is 4.79 Å². The number of carbonyl (C=O) groups excluding carboxylic acids is 3. The minimum Gasteiger partial charge on any atom is -0.449 e. The molecule has 0 radical (unpaired) electrons. The van der Waals surface area contributed by atoms with Crippen LogP contribution in [0.5, 0.6) is 5.75 Å². The van der Waals surface area contributed by atoms with Crippen LogP contribution in [0.3, 0.4) is 0 Å². The Balaban J connectivity index is 1.69. The summed E-state index contributed by atoms with van der Waals surface area (Å²) in [6.07, 6.45) is 2.20. The second-order valence-corrected chi connectivity index (χ2v) is 8.12. The van der Waals surface area contributed by atoms with E-state index in [1.165, 1.54) is 6.92 Å². The van der Waals surface area contributed by atoms with Gasteiger partial charge in [-0.15, -0.1) is 0 Å². The molecule has 1 amide bonds. The molecule has 164 valence electrons. The summed E-state index contributed by atoms with van der Waals surface area (Å²) in [5, 5.41) is 0. The van der Waals surface area contributed by atoms with E-state index in [-0.39, 0.29) is 24.0 Å². The van der Waals surface area contributed by atoms with E-state index in [1.807, 2.05) is 36.9 Å². The molecule has 0 aliphatic carbocycles. The third-order valence-corrected chi connectivity index (χ3v) is 5.63. The quantitative estimate of drug-likeness (QED) is 0.519. The van der Waals surface area contributed by atoms with Gasteiger partial charge in [0.25, 0.3) is 5.91 Å². The van der Waals surface area contributed by atoms with Gasteiger partial charge in [0.15, 0.2) is 6.10 Å². The Morgan fingerprint density at radius 3 is 2.23 bits per heavy atom. The molecular formula is C25H29NO5. The molecule has 0 saturated carbocycles. The van der Waals surface area contributed by atoms with Crippen molar-refractivity contribution in [2.75, 3.05) is 0 Å². The molecule has 0 aromatic heterocycles. The monoisotopic (exact) mass is 423 g/mol. The Bertz CT molecular complexity index is 943. The van der Waals surface area contributed by atoms with Crippen molar-refractivity contribution in [1.82, 2.24) is 4.90 Å². The molecule has 2 aromatic rings. The van der Waals surface area contributed by atoms with Crippen molar-refractivity contribution in [3.8, 4) is 16.9 Å². The number of benzene rings is 2. The largest absolute Gasteiger partial charge is 0.449 e. The standard InChI is InChI=1S/C25H29NO5/c1-16-7-5-8-17(2)26(16)24(28)18(3)30-25(29)22-10-6-9-21(15-22)20-11-13-23(14-12-20)31-19(4)27/h6,9-18H,5,7-8H2,1-4H3/t16-,17-,18-/m1/s1. The normalized spacial score (nSPS) is 19.4. The molecule has 3 atom stereocenters. The van der Waals surface area contributed by atoms with Crippen LogP contribution in [0.1, 0.15) is 57.3 Å². The summed E-state index contributed by atoms with van der Waals surface area (Å²) in [6.45, 7) is 7.06. The molecule has 1 aliphatic rings. The zero-order valence-corrected chi connectivity index (χ0v) is 18.5. The zero-order chi connectivity index (χ0) is 22.5. The fourth-order valence-electron chi connectivity index (χ4n) is 4.05. The molecule has 31 heavy (non-hydrogen) atoms. The van der Waals surface area contributed by atoms with E-state index in [0.717, 1.165) is 30.4 Å². The minimum absolute atomic E-state index is 0.148. The first kappa shape index (κ1) is 22.5. The number of likely N-dealkylation sites (tertiary alicyclic amines) is 1. The molecule has 0 N–H and O–H groups in total. The van der Waals surface area contributed by atoms with Crippen molar-refractivity contribution in [2.45, 2.75) is 65.1 Å². The van der Waals surface area contributed by atoms with Gasteiger partial charge in [0.2, 0.25) is 0 Å². The highest BCUT2D eigenvalue weighted by molar-refractivity contribution is 5.93. The number of hydrogen-bond donors (Lipinski definition) is 0. The van der Waals surface area contributed by atoms with Crippen LogP contribution in [-0.2, 0) is 14.3 Å².